The van der Waals surface area contributed by atoms with Gasteiger partial charge in [0.05, 0.1) is 16.7 Å². The Morgan fingerprint density at radius 2 is 1.65 bits per heavy atom. The van der Waals surface area contributed by atoms with Crippen LogP contribution in [0, 0.1) is 0 Å². The number of hydrogen-bond donors (Lipinski definition) is 2. The average molecular weight is 496 g/mol. The van der Waals surface area contributed by atoms with Crippen molar-refractivity contribution in [3.05, 3.63) is 83.4 Å². The molecule has 0 unspecified atom stereocenters. The van der Waals surface area contributed by atoms with Gasteiger partial charge >= 0.3 is 0 Å². The van der Waals surface area contributed by atoms with E-state index in [0.29, 0.717) is 33.1 Å². The second kappa shape index (κ2) is 9.72. The second-order valence-electron chi connectivity index (χ2n) is 7.38. The molecule has 0 radical (unpaired) electrons. The molecule has 1 aromatic heterocycles. The number of methoxy groups -OCH3 is 1. The Morgan fingerprint density at radius 3 is 2.29 bits per heavy atom. The molecule has 1 heterocycles. The van der Waals surface area contributed by atoms with Gasteiger partial charge in [0, 0.05) is 17.7 Å². The molecule has 34 heavy (non-hydrogen) atoms. The highest BCUT2D eigenvalue weighted by Gasteiger charge is 2.15. The number of Topliss-reactive ketones (excluding diaryl/α,β-unsaturated/α-hetero) is 1. The third kappa shape index (κ3) is 5.14. The molecular formula is C24H21N3O5S2. The highest BCUT2D eigenvalue weighted by Crippen LogP contribution is 2.32. The van der Waals surface area contributed by atoms with E-state index >= 15 is 0 Å². The van der Waals surface area contributed by atoms with Gasteiger partial charge in [0.25, 0.3) is 5.91 Å². The van der Waals surface area contributed by atoms with Gasteiger partial charge in [-0.25, -0.2) is 18.1 Å². The van der Waals surface area contributed by atoms with E-state index in [1.165, 1.54) is 42.5 Å². The molecular weight excluding hydrogens is 474 g/mol. The Bertz CT molecular complexity index is 1460. The largest absolute Gasteiger partial charge is 0.494 e. The minimum absolute atomic E-state index is 0.0519. The highest BCUT2D eigenvalue weighted by atomic mass is 32.2. The van der Waals surface area contributed by atoms with Crippen molar-refractivity contribution >= 4 is 48.4 Å². The summed E-state index contributed by atoms with van der Waals surface area (Å²) in [6.07, 6.45) is 0. The fourth-order valence-corrected chi connectivity index (χ4v) is 5.11. The Labute approximate surface area is 200 Å². The maximum Gasteiger partial charge on any atom is 0.257 e. The normalized spacial score (nSPS) is 11.4. The number of nitrogens with one attached hydrogen (secondary N) is 2. The fraction of sp³-hybridized carbons (Fsp3) is 0.125. The number of ether oxygens (including phenoxy) is 1. The fourth-order valence-electron chi connectivity index (χ4n) is 3.22. The molecule has 3 aromatic carbocycles. The van der Waals surface area contributed by atoms with E-state index in [9.17, 15) is 18.0 Å². The zero-order valence-corrected chi connectivity index (χ0v) is 20.0. The van der Waals surface area contributed by atoms with Gasteiger partial charge in [-0.2, -0.15) is 0 Å². The summed E-state index contributed by atoms with van der Waals surface area (Å²) in [6, 6.07) is 17.9. The molecule has 1 amide bonds. The maximum absolute atomic E-state index is 12.6. The minimum atomic E-state index is -3.74. The summed E-state index contributed by atoms with van der Waals surface area (Å²) in [5.74, 6) is 0.176. The molecule has 0 fully saturated rings. The predicted molar refractivity (Wildman–Crippen MR) is 131 cm³/mol. The molecule has 10 heteroatoms. The third-order valence-corrected chi connectivity index (χ3v) is 7.43. The number of rotatable bonds is 8. The number of sulfonamides is 1. The minimum Gasteiger partial charge on any atom is -0.494 e. The summed E-state index contributed by atoms with van der Waals surface area (Å²) in [5, 5.41) is 3.24. The van der Waals surface area contributed by atoms with E-state index in [1.54, 1.807) is 31.4 Å². The Kier molecular flexibility index (Phi) is 6.73. The van der Waals surface area contributed by atoms with Gasteiger partial charge in [-0.3, -0.25) is 14.9 Å². The topological polar surface area (TPSA) is 114 Å². The van der Waals surface area contributed by atoms with Crippen LogP contribution in [0.3, 0.4) is 0 Å². The standard InChI is InChI=1S/C24H21N3O5S2/c1-15(28)17-10-12-19(13-11-17)34(30,31)25-14-16-6-8-18(9-7-16)23(29)27-24-26-22-20(32-2)4-3-5-21(22)33-24/h3-13,25H,14H2,1-2H3,(H,26,27,29). The number of aromatic nitrogens is 1. The zero-order chi connectivity index (χ0) is 24.3. The quantitative estimate of drug-likeness (QED) is 0.354. The van der Waals surface area contributed by atoms with Crippen LogP contribution in [0.5, 0.6) is 5.75 Å². The number of ketones is 1. The highest BCUT2D eigenvalue weighted by molar-refractivity contribution is 7.89. The number of carbonyl (C=O) groups is 2. The molecule has 0 aliphatic rings. The van der Waals surface area contributed by atoms with E-state index < -0.39 is 10.0 Å². The third-order valence-electron chi connectivity index (χ3n) is 5.08. The van der Waals surface area contributed by atoms with Crippen molar-refractivity contribution < 1.29 is 22.7 Å². The number of amides is 1. The first-order valence-corrected chi connectivity index (χ1v) is 12.5. The molecule has 0 spiro atoms. The van der Waals surface area contributed by atoms with Crippen LogP contribution < -0.4 is 14.8 Å². The summed E-state index contributed by atoms with van der Waals surface area (Å²) in [7, 11) is -2.18. The molecule has 4 aromatic rings. The van der Waals surface area contributed by atoms with Crippen molar-refractivity contribution in [1.29, 1.82) is 0 Å². The summed E-state index contributed by atoms with van der Waals surface area (Å²) >= 11 is 1.35. The van der Waals surface area contributed by atoms with Gasteiger partial charge < -0.3 is 4.74 Å². The van der Waals surface area contributed by atoms with E-state index in [4.69, 9.17) is 4.74 Å². The smallest absolute Gasteiger partial charge is 0.257 e. The first-order chi connectivity index (χ1) is 16.3. The summed E-state index contributed by atoms with van der Waals surface area (Å²) in [6.45, 7) is 1.47. The SMILES string of the molecule is COc1cccc2sc(NC(=O)c3ccc(CNS(=O)(=O)c4ccc(C(C)=O)cc4)cc3)nc12. The van der Waals surface area contributed by atoms with Crippen LogP contribution in [0.4, 0.5) is 5.13 Å². The lowest BCUT2D eigenvalue weighted by Crippen LogP contribution is -2.23. The number of para-hydroxylation sites is 1. The van der Waals surface area contributed by atoms with Crippen LogP contribution in [0.15, 0.2) is 71.6 Å². The van der Waals surface area contributed by atoms with Crippen molar-refractivity contribution in [3.63, 3.8) is 0 Å². The number of thiazole rings is 1. The molecule has 0 saturated heterocycles. The van der Waals surface area contributed by atoms with E-state index in [0.717, 1.165) is 4.70 Å². The van der Waals surface area contributed by atoms with Crippen molar-refractivity contribution in [3.8, 4) is 5.75 Å². The lowest BCUT2D eigenvalue weighted by Gasteiger charge is -2.08. The molecule has 2 N–H and O–H groups in total. The summed E-state index contributed by atoms with van der Waals surface area (Å²) in [5.41, 5.74) is 2.23. The number of hydrogen-bond acceptors (Lipinski definition) is 7. The molecule has 0 aliphatic carbocycles. The van der Waals surface area contributed by atoms with Crippen LogP contribution in [0.25, 0.3) is 10.2 Å². The van der Waals surface area contributed by atoms with Crippen LogP contribution in [0.2, 0.25) is 0 Å². The van der Waals surface area contributed by atoms with Crippen LogP contribution in [-0.4, -0.2) is 32.2 Å². The first-order valence-electron chi connectivity index (χ1n) is 10.2. The Hall–Kier alpha value is -3.60. The number of fused-ring (bicyclic) bond motifs is 1. The van der Waals surface area contributed by atoms with Crippen molar-refractivity contribution in [2.45, 2.75) is 18.4 Å². The second-order valence-corrected chi connectivity index (χ2v) is 10.2. The molecule has 8 nitrogen and oxygen atoms in total. The van der Waals surface area contributed by atoms with Crippen LogP contribution >= 0.6 is 11.3 Å². The van der Waals surface area contributed by atoms with E-state index in [1.807, 2.05) is 18.2 Å². The molecule has 174 valence electrons. The number of anilines is 1. The summed E-state index contributed by atoms with van der Waals surface area (Å²) < 4.78 is 33.7. The van der Waals surface area contributed by atoms with Gasteiger partial charge in [-0.05, 0) is 48.9 Å². The van der Waals surface area contributed by atoms with Gasteiger partial charge in [0.15, 0.2) is 10.9 Å². The maximum atomic E-state index is 12.6. The van der Waals surface area contributed by atoms with Crippen LogP contribution in [-0.2, 0) is 16.6 Å². The Morgan fingerprint density at radius 1 is 0.971 bits per heavy atom. The van der Waals surface area contributed by atoms with E-state index in [-0.39, 0.29) is 23.1 Å². The number of benzene rings is 3. The monoisotopic (exact) mass is 495 g/mol. The molecule has 0 saturated carbocycles. The van der Waals surface area contributed by atoms with Crippen molar-refractivity contribution in [1.82, 2.24) is 9.71 Å². The molecule has 0 aliphatic heterocycles. The first kappa shape index (κ1) is 23.6. The van der Waals surface area contributed by atoms with Gasteiger partial charge in [-0.1, -0.05) is 41.7 Å². The predicted octanol–water partition coefficient (Wildman–Crippen LogP) is 4.24. The average Bonchev–Trinajstić information content (AvgIpc) is 3.25. The number of carbonyl (C=O) groups excluding carboxylic acids is 2. The molecule has 4 rings (SSSR count). The van der Waals surface area contributed by atoms with Crippen molar-refractivity contribution in [2.24, 2.45) is 0 Å². The van der Waals surface area contributed by atoms with E-state index in [2.05, 4.69) is 15.0 Å². The Balaban J connectivity index is 1.40. The lowest BCUT2D eigenvalue weighted by atomic mass is 10.1. The lowest BCUT2D eigenvalue weighted by molar-refractivity contribution is 0.101. The summed E-state index contributed by atoms with van der Waals surface area (Å²) in [4.78, 5) is 28.5. The van der Waals surface area contributed by atoms with Gasteiger partial charge in [-0.15, -0.1) is 0 Å². The van der Waals surface area contributed by atoms with Gasteiger partial charge in [0.2, 0.25) is 10.0 Å². The zero-order valence-electron chi connectivity index (χ0n) is 18.4. The number of nitrogens with zero attached hydrogens (tertiary/aromatic N) is 1. The van der Waals surface area contributed by atoms with Gasteiger partial charge in [0.1, 0.15) is 11.3 Å². The molecule has 0 bridgehead atoms. The van der Waals surface area contributed by atoms with Crippen LogP contribution in [0.1, 0.15) is 33.2 Å². The van der Waals surface area contributed by atoms with Crippen molar-refractivity contribution in [2.75, 3.05) is 12.4 Å². The molecule has 0 atom stereocenters.